The molecular formula is C20H17ClFN3O5S. The van der Waals surface area contributed by atoms with Crippen LogP contribution in [0.1, 0.15) is 15.9 Å². The Morgan fingerprint density at radius 2 is 1.94 bits per heavy atom. The zero-order chi connectivity index (χ0) is 22.6. The third-order valence-corrected chi connectivity index (χ3v) is 5.43. The molecule has 0 atom stereocenters. The Balaban J connectivity index is 1.85. The molecule has 0 saturated carbocycles. The molecule has 3 rings (SSSR count). The van der Waals surface area contributed by atoms with Crippen molar-refractivity contribution in [3.63, 3.8) is 0 Å². The first kappa shape index (κ1) is 22.4. The Bertz CT molecular complexity index is 1220. The van der Waals surface area contributed by atoms with Crippen molar-refractivity contribution < 1.29 is 27.1 Å². The highest BCUT2D eigenvalue weighted by atomic mass is 35.5. The highest BCUT2D eigenvalue weighted by Gasteiger charge is 2.20. The van der Waals surface area contributed by atoms with E-state index in [2.05, 4.69) is 15.3 Å². The molecule has 0 unspecified atom stereocenters. The lowest BCUT2D eigenvalue weighted by atomic mass is 10.1. The summed E-state index contributed by atoms with van der Waals surface area (Å²) in [5, 5.41) is 2.13. The average molecular weight is 466 g/mol. The van der Waals surface area contributed by atoms with Gasteiger partial charge < -0.3 is 14.8 Å². The van der Waals surface area contributed by atoms with Crippen molar-refractivity contribution in [3.8, 4) is 5.75 Å². The van der Waals surface area contributed by atoms with E-state index in [0.717, 1.165) is 24.1 Å². The van der Waals surface area contributed by atoms with E-state index in [0.29, 0.717) is 0 Å². The molecule has 11 heteroatoms. The van der Waals surface area contributed by atoms with Crippen molar-refractivity contribution in [2.75, 3.05) is 18.7 Å². The van der Waals surface area contributed by atoms with E-state index in [1.807, 2.05) is 6.07 Å². The lowest BCUT2D eigenvalue weighted by molar-refractivity contribution is 0.0467. The van der Waals surface area contributed by atoms with Gasteiger partial charge in [-0.05, 0) is 11.6 Å². The molecule has 3 aromatic rings. The lowest BCUT2D eigenvalue weighted by Gasteiger charge is -2.13. The van der Waals surface area contributed by atoms with E-state index in [1.165, 1.54) is 13.2 Å². The van der Waals surface area contributed by atoms with Gasteiger partial charge in [0.1, 0.15) is 18.2 Å². The quantitative estimate of drug-likeness (QED) is 0.415. The van der Waals surface area contributed by atoms with Crippen LogP contribution in [0.4, 0.5) is 16.0 Å². The summed E-state index contributed by atoms with van der Waals surface area (Å²) in [6, 6.07) is 11.1. The van der Waals surface area contributed by atoms with Gasteiger partial charge in [0.25, 0.3) is 0 Å². The summed E-state index contributed by atoms with van der Waals surface area (Å²) in [5.74, 6) is -1.80. The van der Waals surface area contributed by atoms with Crippen molar-refractivity contribution in [2.45, 2.75) is 11.6 Å². The smallest absolute Gasteiger partial charge is 0.341 e. The third kappa shape index (κ3) is 5.47. The fourth-order valence-corrected chi connectivity index (χ4v) is 3.74. The number of nitrogens with zero attached hydrogens (tertiary/aromatic N) is 2. The van der Waals surface area contributed by atoms with Gasteiger partial charge in [0.15, 0.2) is 14.9 Å². The number of halogens is 2. The monoisotopic (exact) mass is 465 g/mol. The molecule has 0 aliphatic carbocycles. The lowest BCUT2D eigenvalue weighted by Crippen LogP contribution is -2.10. The third-order valence-electron chi connectivity index (χ3n) is 4.03. The maximum Gasteiger partial charge on any atom is 0.341 e. The van der Waals surface area contributed by atoms with Crippen LogP contribution in [-0.2, 0) is 21.2 Å². The van der Waals surface area contributed by atoms with Crippen LogP contribution in [0.25, 0.3) is 0 Å². The molecule has 0 aliphatic rings. The first-order chi connectivity index (χ1) is 14.7. The number of hydrogen-bond donors (Lipinski definition) is 1. The summed E-state index contributed by atoms with van der Waals surface area (Å²) >= 11 is 5.83. The molecule has 0 bridgehead atoms. The van der Waals surface area contributed by atoms with E-state index < -0.39 is 21.6 Å². The van der Waals surface area contributed by atoms with Crippen LogP contribution >= 0.6 is 11.6 Å². The van der Waals surface area contributed by atoms with Crippen molar-refractivity contribution in [1.29, 1.82) is 0 Å². The van der Waals surface area contributed by atoms with Gasteiger partial charge in [-0.3, -0.25) is 0 Å². The molecule has 0 spiro atoms. The fraction of sp³-hybridized carbons (Fsp3) is 0.150. The molecule has 2 aromatic carbocycles. The van der Waals surface area contributed by atoms with Gasteiger partial charge in [-0.2, -0.15) is 4.98 Å². The molecule has 0 aliphatic heterocycles. The molecule has 162 valence electrons. The number of anilines is 2. The van der Waals surface area contributed by atoms with Gasteiger partial charge in [-0.25, -0.2) is 22.6 Å². The molecule has 0 fully saturated rings. The Hall–Kier alpha value is -3.24. The van der Waals surface area contributed by atoms with E-state index in [1.54, 1.807) is 24.3 Å². The van der Waals surface area contributed by atoms with Crippen LogP contribution in [-0.4, -0.2) is 37.7 Å². The molecule has 31 heavy (non-hydrogen) atoms. The first-order valence-electron chi connectivity index (χ1n) is 8.77. The fourth-order valence-electron chi connectivity index (χ4n) is 2.57. The molecule has 1 heterocycles. The largest absolute Gasteiger partial charge is 0.495 e. The van der Waals surface area contributed by atoms with Gasteiger partial charge >= 0.3 is 5.97 Å². The van der Waals surface area contributed by atoms with E-state index in [-0.39, 0.29) is 39.6 Å². The van der Waals surface area contributed by atoms with Crippen LogP contribution in [0, 0.1) is 5.82 Å². The second kappa shape index (κ2) is 9.27. The Morgan fingerprint density at radius 3 is 2.58 bits per heavy atom. The molecule has 0 saturated heterocycles. The highest BCUT2D eigenvalue weighted by molar-refractivity contribution is 7.90. The predicted octanol–water partition coefficient (Wildman–Crippen LogP) is 3.78. The van der Waals surface area contributed by atoms with Crippen LogP contribution in [0.5, 0.6) is 5.75 Å². The number of rotatable bonds is 7. The summed E-state index contributed by atoms with van der Waals surface area (Å²) in [4.78, 5) is 20.1. The summed E-state index contributed by atoms with van der Waals surface area (Å²) < 4.78 is 48.6. The van der Waals surface area contributed by atoms with Crippen molar-refractivity contribution >= 4 is 39.0 Å². The summed E-state index contributed by atoms with van der Waals surface area (Å²) in [6.45, 7) is -0.0195. The molecule has 1 aromatic heterocycles. The number of benzene rings is 2. The number of aromatic nitrogens is 2. The predicted molar refractivity (Wildman–Crippen MR) is 112 cm³/mol. The minimum atomic E-state index is -3.71. The van der Waals surface area contributed by atoms with Gasteiger partial charge in [0.05, 0.1) is 29.6 Å². The average Bonchev–Trinajstić information content (AvgIpc) is 2.73. The molecule has 0 amide bonds. The van der Waals surface area contributed by atoms with E-state index >= 15 is 0 Å². The number of nitrogens with one attached hydrogen (secondary N) is 1. The molecule has 0 radical (unpaired) electrons. The van der Waals surface area contributed by atoms with Gasteiger partial charge in [0.2, 0.25) is 5.95 Å². The highest BCUT2D eigenvalue weighted by Crippen LogP contribution is 2.31. The summed E-state index contributed by atoms with van der Waals surface area (Å²) in [6.07, 6.45) is 2.05. The van der Waals surface area contributed by atoms with Crippen LogP contribution in [0.3, 0.4) is 0 Å². The Kier molecular flexibility index (Phi) is 6.71. The molecule has 1 N–H and O–H groups in total. The SMILES string of the molecule is COc1cc(C(=O)OCc2ccccc2)c(F)cc1Nc1ncc(Cl)c(S(C)(=O)=O)n1. The summed E-state index contributed by atoms with van der Waals surface area (Å²) in [7, 11) is -2.39. The van der Waals surface area contributed by atoms with Gasteiger partial charge in [0, 0.05) is 12.3 Å². The Morgan fingerprint density at radius 1 is 1.23 bits per heavy atom. The van der Waals surface area contributed by atoms with Crippen molar-refractivity contribution in [1.82, 2.24) is 9.97 Å². The minimum Gasteiger partial charge on any atom is -0.495 e. The number of methoxy groups -OCH3 is 1. The van der Waals surface area contributed by atoms with Crippen LogP contribution in [0.15, 0.2) is 53.7 Å². The van der Waals surface area contributed by atoms with Crippen molar-refractivity contribution in [2.24, 2.45) is 0 Å². The zero-order valence-corrected chi connectivity index (χ0v) is 18.0. The standard InChI is InChI=1S/C20H17ClFN3O5S/c1-29-17-8-13(19(26)30-11-12-6-4-3-5-7-12)15(22)9-16(17)24-20-23-10-14(21)18(25-20)31(2,27)28/h3-10H,11H2,1-2H3,(H,23,24,25). The number of carbonyl (C=O) groups is 1. The van der Waals surface area contributed by atoms with Crippen LogP contribution < -0.4 is 10.1 Å². The van der Waals surface area contributed by atoms with E-state index in [4.69, 9.17) is 21.1 Å². The Labute approximate surface area is 182 Å². The van der Waals surface area contributed by atoms with Crippen molar-refractivity contribution in [3.05, 3.63) is 70.6 Å². The van der Waals surface area contributed by atoms with Crippen LogP contribution in [0.2, 0.25) is 5.02 Å². The minimum absolute atomic E-state index is 0.0195. The number of sulfone groups is 1. The zero-order valence-electron chi connectivity index (χ0n) is 16.4. The molecule has 8 nitrogen and oxygen atoms in total. The van der Waals surface area contributed by atoms with Gasteiger partial charge in [-0.15, -0.1) is 0 Å². The number of hydrogen-bond acceptors (Lipinski definition) is 8. The first-order valence-corrected chi connectivity index (χ1v) is 11.0. The normalized spacial score (nSPS) is 11.1. The second-order valence-corrected chi connectivity index (χ2v) is 8.68. The topological polar surface area (TPSA) is 107 Å². The summed E-state index contributed by atoms with van der Waals surface area (Å²) in [5.41, 5.74) is 0.497. The number of esters is 1. The van der Waals surface area contributed by atoms with E-state index in [9.17, 15) is 17.6 Å². The number of ether oxygens (including phenoxy) is 2. The maximum atomic E-state index is 14.6. The molecular weight excluding hydrogens is 449 g/mol. The van der Waals surface area contributed by atoms with Gasteiger partial charge in [-0.1, -0.05) is 41.9 Å². The second-order valence-electron chi connectivity index (χ2n) is 6.34. The maximum absolute atomic E-state index is 14.6. The number of carbonyl (C=O) groups excluding carboxylic acids is 1.